The lowest BCUT2D eigenvalue weighted by molar-refractivity contribution is -0.137. The molecular formula is C11H9F3O3S. The van der Waals surface area contributed by atoms with Gasteiger partial charge in [0.1, 0.15) is 0 Å². The number of benzene rings is 1. The summed E-state index contributed by atoms with van der Waals surface area (Å²) in [5.74, 6) is 0. The summed E-state index contributed by atoms with van der Waals surface area (Å²) in [6, 6.07) is 2.38. The molecule has 1 aromatic carbocycles. The Morgan fingerprint density at radius 3 is 2.39 bits per heavy atom. The van der Waals surface area contributed by atoms with E-state index in [9.17, 15) is 26.7 Å². The highest BCUT2D eigenvalue weighted by molar-refractivity contribution is 7.95. The molecule has 0 aromatic heterocycles. The van der Waals surface area contributed by atoms with Crippen LogP contribution in [0, 0.1) is 0 Å². The lowest BCUT2D eigenvalue weighted by Gasteiger charge is -2.11. The van der Waals surface area contributed by atoms with Gasteiger partial charge in [0.05, 0.1) is 16.6 Å². The number of hydrogen-bond acceptors (Lipinski definition) is 3. The maximum absolute atomic E-state index is 12.5. The Hall–Kier alpha value is -1.34. The molecule has 1 heterocycles. The van der Waals surface area contributed by atoms with Gasteiger partial charge in [0.25, 0.3) is 0 Å². The lowest BCUT2D eigenvalue weighted by atomic mass is 10.0. The van der Waals surface area contributed by atoms with E-state index in [4.69, 9.17) is 0 Å². The summed E-state index contributed by atoms with van der Waals surface area (Å²) < 4.78 is 61.0. The van der Waals surface area contributed by atoms with Gasteiger partial charge in [0.15, 0.2) is 0 Å². The number of rotatable bonds is 1. The molecule has 2 rings (SSSR count). The zero-order chi connectivity index (χ0) is 13.7. The molecular weight excluding hydrogens is 269 g/mol. The van der Waals surface area contributed by atoms with Crippen molar-refractivity contribution >= 4 is 15.4 Å². The molecule has 0 bridgehead atoms. The first-order valence-corrected chi connectivity index (χ1v) is 6.54. The van der Waals surface area contributed by atoms with Crippen LogP contribution in [0.15, 0.2) is 28.5 Å². The van der Waals surface area contributed by atoms with Crippen molar-refractivity contribution in [1.82, 2.24) is 0 Å². The monoisotopic (exact) mass is 278 g/mol. The molecule has 1 aromatic rings. The third-order valence-electron chi connectivity index (χ3n) is 2.66. The fraction of sp³-hybridized carbons (Fsp3) is 0.273. The van der Waals surface area contributed by atoms with Crippen LogP contribution in [0.4, 0.5) is 13.2 Å². The van der Waals surface area contributed by atoms with Crippen molar-refractivity contribution in [2.75, 3.05) is 0 Å². The van der Waals surface area contributed by atoms with E-state index in [-0.39, 0.29) is 16.0 Å². The van der Waals surface area contributed by atoms with Gasteiger partial charge in [-0.25, -0.2) is 8.42 Å². The Kier molecular flexibility index (Phi) is 2.78. The molecule has 0 spiro atoms. The number of sulfone groups is 1. The lowest BCUT2D eigenvalue weighted by Crippen LogP contribution is -2.08. The van der Waals surface area contributed by atoms with E-state index in [1.54, 1.807) is 0 Å². The van der Waals surface area contributed by atoms with Crippen molar-refractivity contribution in [2.45, 2.75) is 24.1 Å². The van der Waals surface area contributed by atoms with Crippen LogP contribution in [-0.2, 0) is 16.0 Å². The minimum absolute atomic E-state index is 0.0175. The molecule has 7 heteroatoms. The molecule has 1 aliphatic heterocycles. The molecule has 0 fully saturated rings. The zero-order valence-electron chi connectivity index (χ0n) is 9.19. The van der Waals surface area contributed by atoms with Crippen LogP contribution >= 0.6 is 0 Å². The van der Waals surface area contributed by atoms with Crippen LogP contribution in [0.2, 0.25) is 0 Å². The van der Waals surface area contributed by atoms with Crippen LogP contribution in [0.5, 0.6) is 0 Å². The number of alkyl halides is 3. The van der Waals surface area contributed by atoms with Crippen molar-refractivity contribution in [2.24, 2.45) is 0 Å². The molecule has 1 atom stereocenters. The normalized spacial score (nSPS) is 19.3. The van der Waals surface area contributed by atoms with E-state index in [1.165, 1.54) is 6.92 Å². The molecule has 3 nitrogen and oxygen atoms in total. The van der Waals surface area contributed by atoms with Crippen LogP contribution < -0.4 is 0 Å². The fourth-order valence-corrected chi connectivity index (χ4v) is 3.32. The highest BCUT2D eigenvalue weighted by atomic mass is 32.2. The average Bonchev–Trinajstić information content (AvgIpc) is 2.49. The first-order valence-electron chi connectivity index (χ1n) is 4.99. The van der Waals surface area contributed by atoms with E-state index >= 15 is 0 Å². The highest BCUT2D eigenvalue weighted by Gasteiger charge is 2.35. The average molecular weight is 278 g/mol. The third kappa shape index (κ3) is 2.04. The number of hydrogen-bond donors (Lipinski definition) is 1. The molecule has 98 valence electrons. The molecule has 0 amide bonds. The topological polar surface area (TPSA) is 54.4 Å². The second-order valence-corrected chi connectivity index (χ2v) is 5.77. The molecule has 1 unspecified atom stereocenters. The van der Waals surface area contributed by atoms with E-state index < -0.39 is 27.7 Å². The Labute approximate surface area is 101 Å². The van der Waals surface area contributed by atoms with Crippen LogP contribution in [0.25, 0.3) is 5.57 Å². The van der Waals surface area contributed by atoms with Crippen molar-refractivity contribution in [1.29, 1.82) is 0 Å². The maximum Gasteiger partial charge on any atom is 0.416 e. The number of fused-ring (bicyclic) bond motifs is 1. The summed E-state index contributed by atoms with van der Waals surface area (Å²) in [7, 11) is -3.75. The van der Waals surface area contributed by atoms with Crippen molar-refractivity contribution in [3.63, 3.8) is 0 Å². The van der Waals surface area contributed by atoms with Gasteiger partial charge in [0, 0.05) is 16.5 Å². The third-order valence-corrected chi connectivity index (χ3v) is 4.19. The molecule has 0 saturated heterocycles. The summed E-state index contributed by atoms with van der Waals surface area (Å²) in [5.41, 5.74) is -1.04. The van der Waals surface area contributed by atoms with E-state index in [1.807, 2.05) is 0 Å². The van der Waals surface area contributed by atoms with Crippen molar-refractivity contribution in [3.8, 4) is 0 Å². The number of aliphatic hydroxyl groups excluding tert-OH is 1. The second kappa shape index (κ2) is 3.83. The smallest absolute Gasteiger partial charge is 0.389 e. The van der Waals surface area contributed by atoms with E-state index in [0.29, 0.717) is 0 Å². The van der Waals surface area contributed by atoms with Crippen molar-refractivity contribution in [3.05, 3.63) is 34.7 Å². The summed E-state index contributed by atoms with van der Waals surface area (Å²) in [6.45, 7) is 1.30. The Morgan fingerprint density at radius 2 is 1.89 bits per heavy atom. The largest absolute Gasteiger partial charge is 0.416 e. The van der Waals surface area contributed by atoms with Gasteiger partial charge in [-0.3, -0.25) is 0 Å². The minimum atomic E-state index is -4.55. The first kappa shape index (κ1) is 13.1. The Morgan fingerprint density at radius 1 is 1.28 bits per heavy atom. The first-order chi connectivity index (χ1) is 8.13. The SMILES string of the molecule is CC(O)C1=CS(=O)(=O)c2ccc(C(F)(F)F)cc21. The van der Waals surface area contributed by atoms with Gasteiger partial charge >= 0.3 is 6.18 Å². The molecule has 0 aliphatic carbocycles. The maximum atomic E-state index is 12.5. The predicted molar refractivity (Wildman–Crippen MR) is 58.3 cm³/mol. The Bertz CT molecular complexity index is 627. The Balaban J connectivity index is 2.68. The molecule has 1 N–H and O–H groups in total. The predicted octanol–water partition coefficient (Wildman–Crippen LogP) is 2.21. The van der Waals surface area contributed by atoms with Gasteiger partial charge < -0.3 is 5.11 Å². The summed E-state index contributed by atoms with van der Waals surface area (Å²) >= 11 is 0. The van der Waals surface area contributed by atoms with Crippen molar-refractivity contribution < 1.29 is 26.7 Å². The van der Waals surface area contributed by atoms with Crippen LogP contribution in [-0.4, -0.2) is 19.6 Å². The zero-order valence-corrected chi connectivity index (χ0v) is 10.0. The van der Waals surface area contributed by atoms with E-state index in [2.05, 4.69) is 0 Å². The molecule has 18 heavy (non-hydrogen) atoms. The van der Waals surface area contributed by atoms with Gasteiger partial charge in [-0.2, -0.15) is 13.2 Å². The molecule has 0 radical (unpaired) electrons. The van der Waals surface area contributed by atoms with Gasteiger partial charge in [-0.15, -0.1) is 0 Å². The minimum Gasteiger partial charge on any atom is -0.389 e. The quantitative estimate of drug-likeness (QED) is 0.857. The summed E-state index contributed by atoms with van der Waals surface area (Å²) in [5, 5.41) is 10.2. The standard InChI is InChI=1S/C11H9F3O3S/c1-6(15)9-5-18(16,17)10-3-2-7(4-8(9)10)11(12,13)14/h2-6,15H,1H3. The molecule has 0 saturated carbocycles. The van der Waals surface area contributed by atoms with Gasteiger partial charge in [0.2, 0.25) is 9.84 Å². The van der Waals surface area contributed by atoms with Crippen LogP contribution in [0.3, 0.4) is 0 Å². The summed E-state index contributed by atoms with van der Waals surface area (Å²) in [4.78, 5) is -0.202. The number of halogens is 3. The second-order valence-electron chi connectivity index (χ2n) is 4.00. The number of aliphatic hydroxyl groups is 1. The summed E-state index contributed by atoms with van der Waals surface area (Å²) in [6.07, 6.45) is -5.70. The highest BCUT2D eigenvalue weighted by Crippen LogP contribution is 2.39. The molecule has 1 aliphatic rings. The van der Waals surface area contributed by atoms with Gasteiger partial charge in [-0.1, -0.05) is 0 Å². The van der Waals surface area contributed by atoms with Gasteiger partial charge in [-0.05, 0) is 25.1 Å². The van der Waals surface area contributed by atoms with E-state index in [0.717, 1.165) is 23.6 Å². The van der Waals surface area contributed by atoms with Crippen LogP contribution in [0.1, 0.15) is 18.1 Å². The fourth-order valence-electron chi connectivity index (χ4n) is 1.80.